The molecule has 0 aliphatic heterocycles. The van der Waals surface area contributed by atoms with E-state index in [9.17, 15) is 0 Å². The Balaban J connectivity index is 1.86. The van der Waals surface area contributed by atoms with Crippen LogP contribution in [-0.4, -0.2) is 37.6 Å². The highest BCUT2D eigenvalue weighted by Gasteiger charge is 2.10. The number of aromatic nitrogens is 4. The van der Waals surface area contributed by atoms with E-state index in [2.05, 4.69) is 33.8 Å². The second-order valence-electron chi connectivity index (χ2n) is 4.80. The molecule has 0 aliphatic carbocycles. The minimum Gasteiger partial charge on any atom is -0.298 e. The van der Waals surface area contributed by atoms with E-state index in [0.717, 1.165) is 42.5 Å². The molecule has 2 aromatic heterocycles. The zero-order chi connectivity index (χ0) is 13.9. The summed E-state index contributed by atoms with van der Waals surface area (Å²) in [5.74, 6) is 1.58. The lowest BCUT2D eigenvalue weighted by atomic mass is 10.2. The van der Waals surface area contributed by atoms with Crippen molar-refractivity contribution in [2.45, 2.75) is 20.4 Å². The summed E-state index contributed by atoms with van der Waals surface area (Å²) in [5.41, 5.74) is 2.12. The molecule has 5 heteroatoms. The van der Waals surface area contributed by atoms with Gasteiger partial charge in [0.2, 0.25) is 0 Å². The molecule has 104 valence electrons. The first-order valence-corrected chi connectivity index (χ1v) is 7.02. The first-order valence-electron chi connectivity index (χ1n) is 7.02. The van der Waals surface area contributed by atoms with E-state index < -0.39 is 0 Å². The second kappa shape index (κ2) is 5.46. The van der Waals surface area contributed by atoms with Crippen LogP contribution in [0.15, 0.2) is 36.5 Å². The number of aromatic amines is 1. The summed E-state index contributed by atoms with van der Waals surface area (Å²) in [5, 5.41) is 3.27. The van der Waals surface area contributed by atoms with Crippen molar-refractivity contribution in [1.82, 2.24) is 24.5 Å². The van der Waals surface area contributed by atoms with Crippen LogP contribution in [0.5, 0.6) is 0 Å². The van der Waals surface area contributed by atoms with Crippen LogP contribution in [0.4, 0.5) is 0 Å². The quantitative estimate of drug-likeness (QED) is 0.774. The van der Waals surface area contributed by atoms with E-state index in [1.807, 2.05) is 41.0 Å². The van der Waals surface area contributed by atoms with Crippen molar-refractivity contribution in [3.63, 3.8) is 0 Å². The highest BCUT2D eigenvalue weighted by Crippen LogP contribution is 2.15. The van der Waals surface area contributed by atoms with Crippen LogP contribution in [0.3, 0.4) is 0 Å². The molecule has 3 aromatic rings. The van der Waals surface area contributed by atoms with Crippen molar-refractivity contribution in [2.24, 2.45) is 0 Å². The molecule has 0 spiro atoms. The van der Waals surface area contributed by atoms with Crippen molar-refractivity contribution in [2.75, 3.05) is 13.1 Å². The molecule has 0 amide bonds. The number of H-pyrrole nitrogens is 1. The maximum absolute atomic E-state index is 4.57. The molecule has 0 fully saturated rings. The summed E-state index contributed by atoms with van der Waals surface area (Å²) in [7, 11) is 0. The monoisotopic (exact) mass is 269 g/mol. The Kier molecular flexibility index (Phi) is 3.52. The first-order chi connectivity index (χ1) is 9.80. The van der Waals surface area contributed by atoms with Crippen LogP contribution >= 0.6 is 0 Å². The number of benzene rings is 1. The van der Waals surface area contributed by atoms with E-state index in [1.54, 1.807) is 0 Å². The summed E-state index contributed by atoms with van der Waals surface area (Å²) in [4.78, 5) is 11.4. The Morgan fingerprint density at radius 3 is 2.50 bits per heavy atom. The molecule has 0 saturated carbocycles. The Hall–Kier alpha value is -2.14. The summed E-state index contributed by atoms with van der Waals surface area (Å²) < 4.78 is 1.89. The third kappa shape index (κ3) is 2.44. The molecule has 0 bridgehead atoms. The summed E-state index contributed by atoms with van der Waals surface area (Å²) in [6, 6.07) is 10.1. The maximum Gasteiger partial charge on any atom is 0.251 e. The van der Waals surface area contributed by atoms with Gasteiger partial charge in [-0.1, -0.05) is 44.2 Å². The third-order valence-electron chi connectivity index (χ3n) is 3.50. The minimum absolute atomic E-state index is 0.728. The number of hydrogen-bond donors (Lipinski definition) is 1. The van der Waals surface area contributed by atoms with Gasteiger partial charge in [-0.15, -0.1) is 0 Å². The largest absolute Gasteiger partial charge is 0.298 e. The molecular formula is C15H19N5. The number of rotatable bonds is 5. The lowest BCUT2D eigenvalue weighted by Gasteiger charge is -2.15. The number of nitrogens with one attached hydrogen (secondary N) is 1. The van der Waals surface area contributed by atoms with Gasteiger partial charge in [0.15, 0.2) is 5.82 Å². The van der Waals surface area contributed by atoms with Crippen LogP contribution in [-0.2, 0) is 6.54 Å². The van der Waals surface area contributed by atoms with Crippen molar-refractivity contribution < 1.29 is 0 Å². The predicted octanol–water partition coefficient (Wildman–Crippen LogP) is 2.57. The maximum atomic E-state index is 4.57. The molecule has 0 radical (unpaired) electrons. The third-order valence-corrected chi connectivity index (χ3v) is 3.50. The topological polar surface area (TPSA) is 49.2 Å². The summed E-state index contributed by atoms with van der Waals surface area (Å²) in [6.45, 7) is 7.26. The van der Waals surface area contributed by atoms with Gasteiger partial charge in [0.1, 0.15) is 0 Å². The average Bonchev–Trinajstić information content (AvgIpc) is 3.03. The van der Waals surface area contributed by atoms with Crippen LogP contribution in [0.1, 0.15) is 19.5 Å². The van der Waals surface area contributed by atoms with Gasteiger partial charge in [-0.3, -0.25) is 10.00 Å². The fraction of sp³-hybridized carbons (Fsp3) is 0.333. The Morgan fingerprint density at radius 2 is 1.85 bits per heavy atom. The van der Waals surface area contributed by atoms with Gasteiger partial charge in [-0.25, -0.2) is 9.50 Å². The highest BCUT2D eigenvalue weighted by atomic mass is 15.3. The van der Waals surface area contributed by atoms with E-state index in [1.165, 1.54) is 0 Å². The molecule has 1 aromatic carbocycles. The number of fused-ring (bicyclic) bond motifs is 1. The molecule has 0 saturated heterocycles. The van der Waals surface area contributed by atoms with Gasteiger partial charge in [-0.05, 0) is 13.1 Å². The lowest BCUT2D eigenvalue weighted by molar-refractivity contribution is 0.293. The van der Waals surface area contributed by atoms with Crippen LogP contribution in [0.2, 0.25) is 0 Å². The van der Waals surface area contributed by atoms with Gasteiger partial charge in [0.05, 0.1) is 11.9 Å². The zero-order valence-electron chi connectivity index (χ0n) is 11.9. The Bertz CT molecular complexity index is 647. The second-order valence-corrected chi connectivity index (χ2v) is 4.80. The Morgan fingerprint density at radius 1 is 1.10 bits per heavy atom. The fourth-order valence-electron chi connectivity index (χ4n) is 2.30. The van der Waals surface area contributed by atoms with Crippen LogP contribution in [0, 0.1) is 0 Å². The Labute approximate surface area is 118 Å². The molecule has 20 heavy (non-hydrogen) atoms. The van der Waals surface area contributed by atoms with Crippen molar-refractivity contribution in [1.29, 1.82) is 0 Å². The molecule has 0 atom stereocenters. The van der Waals surface area contributed by atoms with Crippen molar-refractivity contribution in [3.05, 3.63) is 42.2 Å². The van der Waals surface area contributed by atoms with Gasteiger partial charge >= 0.3 is 0 Å². The highest BCUT2D eigenvalue weighted by molar-refractivity contribution is 5.56. The summed E-state index contributed by atoms with van der Waals surface area (Å²) >= 11 is 0. The fourth-order valence-corrected chi connectivity index (χ4v) is 2.30. The first kappa shape index (κ1) is 12.9. The molecule has 1 N–H and O–H groups in total. The molecule has 0 unspecified atom stereocenters. The standard InChI is InChI=1S/C15H19N5/c1-3-19(4-2)10-13-11-20-15(16-13)17-14(18-20)12-8-6-5-7-9-12/h5-9,11H,3-4,10H2,1-2H3,(H,16,17,18). The minimum atomic E-state index is 0.728. The average molecular weight is 269 g/mol. The van der Waals surface area contributed by atoms with Gasteiger partial charge in [0.25, 0.3) is 5.78 Å². The van der Waals surface area contributed by atoms with Gasteiger partial charge in [-0.2, -0.15) is 4.98 Å². The lowest BCUT2D eigenvalue weighted by Crippen LogP contribution is -2.22. The van der Waals surface area contributed by atoms with Gasteiger partial charge in [0, 0.05) is 12.1 Å². The number of hydrogen-bond acceptors (Lipinski definition) is 3. The molecule has 0 aliphatic rings. The van der Waals surface area contributed by atoms with E-state index in [0.29, 0.717) is 0 Å². The van der Waals surface area contributed by atoms with Crippen LogP contribution < -0.4 is 0 Å². The predicted molar refractivity (Wildman–Crippen MR) is 79.4 cm³/mol. The molecule has 2 heterocycles. The molecular weight excluding hydrogens is 250 g/mol. The van der Waals surface area contributed by atoms with Crippen molar-refractivity contribution in [3.8, 4) is 11.4 Å². The van der Waals surface area contributed by atoms with Crippen LogP contribution in [0.25, 0.3) is 17.2 Å². The molecule has 5 nitrogen and oxygen atoms in total. The van der Waals surface area contributed by atoms with E-state index in [4.69, 9.17) is 0 Å². The zero-order valence-corrected chi connectivity index (χ0v) is 11.9. The van der Waals surface area contributed by atoms with E-state index >= 15 is 0 Å². The molecule has 3 rings (SSSR count). The number of imidazole rings is 1. The normalized spacial score (nSPS) is 11.6. The van der Waals surface area contributed by atoms with Crippen molar-refractivity contribution >= 4 is 5.78 Å². The SMILES string of the molecule is CCN(CC)Cc1cn2[nH]c(-c3ccccc3)nc2n1. The van der Waals surface area contributed by atoms with Gasteiger partial charge < -0.3 is 0 Å². The smallest absolute Gasteiger partial charge is 0.251 e. The van der Waals surface area contributed by atoms with E-state index in [-0.39, 0.29) is 0 Å². The number of nitrogens with zero attached hydrogens (tertiary/aromatic N) is 4. The summed E-state index contributed by atoms with van der Waals surface area (Å²) in [6.07, 6.45) is 2.02.